The molecular weight excluding hydrogens is 194 g/mol. The maximum atomic E-state index is 10.8. The number of nitrogens with zero attached hydrogens (tertiary/aromatic N) is 1. The van der Waals surface area contributed by atoms with Crippen molar-refractivity contribution in [1.82, 2.24) is 0 Å². The molecule has 0 saturated heterocycles. The van der Waals surface area contributed by atoms with Gasteiger partial charge in [-0.25, -0.2) is 0 Å². The van der Waals surface area contributed by atoms with Crippen LogP contribution in [0.4, 0.5) is 5.69 Å². The number of hydrogen-bond donors (Lipinski definition) is 0. The van der Waals surface area contributed by atoms with Gasteiger partial charge in [0.2, 0.25) is 0 Å². The summed E-state index contributed by atoms with van der Waals surface area (Å²) in [6.07, 6.45) is 3.31. The zero-order chi connectivity index (χ0) is 11.4. The molecule has 1 aromatic carbocycles. The van der Waals surface area contributed by atoms with E-state index in [9.17, 15) is 14.9 Å². The van der Waals surface area contributed by atoms with Crippen molar-refractivity contribution in [3.8, 4) is 0 Å². The number of carbonyl (C=O) groups excluding carboxylic acids is 1. The highest BCUT2D eigenvalue weighted by Crippen LogP contribution is 2.25. The second-order valence-corrected chi connectivity index (χ2v) is 3.27. The van der Waals surface area contributed by atoms with Gasteiger partial charge in [-0.15, -0.1) is 0 Å². The van der Waals surface area contributed by atoms with Gasteiger partial charge in [0, 0.05) is 6.07 Å². The summed E-state index contributed by atoms with van der Waals surface area (Å²) < 4.78 is 0. The largest absolute Gasteiger partial charge is 0.299 e. The third-order valence-electron chi connectivity index (χ3n) is 2.05. The second kappa shape index (κ2) is 4.50. The molecule has 0 amide bonds. The van der Waals surface area contributed by atoms with Gasteiger partial charge in [0.25, 0.3) is 5.69 Å². The Bertz CT molecular complexity index is 436. The molecule has 4 nitrogen and oxygen atoms in total. The van der Waals surface area contributed by atoms with Crippen LogP contribution in [0.15, 0.2) is 18.2 Å². The van der Waals surface area contributed by atoms with Crippen LogP contribution in [0.3, 0.4) is 0 Å². The summed E-state index contributed by atoms with van der Waals surface area (Å²) >= 11 is 0. The van der Waals surface area contributed by atoms with E-state index in [1.54, 1.807) is 13.8 Å². The molecule has 1 rings (SSSR count). The van der Waals surface area contributed by atoms with Crippen LogP contribution in [-0.2, 0) is 4.79 Å². The maximum absolute atomic E-state index is 10.8. The third kappa shape index (κ3) is 2.49. The van der Waals surface area contributed by atoms with E-state index in [0.717, 1.165) is 11.1 Å². The summed E-state index contributed by atoms with van der Waals surface area (Å²) in [5.41, 5.74) is 2.14. The van der Waals surface area contributed by atoms with Gasteiger partial charge in [-0.1, -0.05) is 6.07 Å². The zero-order valence-electron chi connectivity index (χ0n) is 8.56. The SMILES string of the molecule is Cc1cc(C)c(C=CC=O)c([N+](=O)[O-])c1. The van der Waals surface area contributed by atoms with Crippen LogP contribution in [0, 0.1) is 24.0 Å². The van der Waals surface area contributed by atoms with Gasteiger partial charge in [0.1, 0.15) is 6.29 Å². The van der Waals surface area contributed by atoms with Gasteiger partial charge in [0.05, 0.1) is 10.5 Å². The highest BCUT2D eigenvalue weighted by atomic mass is 16.6. The highest BCUT2D eigenvalue weighted by Gasteiger charge is 2.14. The van der Waals surface area contributed by atoms with E-state index in [-0.39, 0.29) is 5.69 Å². The predicted molar refractivity (Wildman–Crippen MR) is 57.7 cm³/mol. The van der Waals surface area contributed by atoms with Crippen LogP contribution in [0.2, 0.25) is 0 Å². The molecule has 0 atom stereocenters. The number of hydrogen-bond acceptors (Lipinski definition) is 3. The fourth-order valence-corrected chi connectivity index (χ4v) is 1.46. The Morgan fingerprint density at radius 1 is 1.33 bits per heavy atom. The van der Waals surface area contributed by atoms with Crippen LogP contribution < -0.4 is 0 Å². The lowest BCUT2D eigenvalue weighted by Gasteiger charge is -2.03. The highest BCUT2D eigenvalue weighted by molar-refractivity contribution is 5.77. The first kappa shape index (κ1) is 11.1. The van der Waals surface area contributed by atoms with Crippen LogP contribution in [0.25, 0.3) is 6.08 Å². The molecule has 0 heterocycles. The summed E-state index contributed by atoms with van der Waals surface area (Å²) in [6, 6.07) is 3.34. The number of rotatable bonds is 3. The van der Waals surface area contributed by atoms with Gasteiger partial charge in [-0.05, 0) is 37.1 Å². The van der Waals surface area contributed by atoms with Gasteiger partial charge >= 0.3 is 0 Å². The molecule has 0 fully saturated rings. The number of benzene rings is 1. The van der Waals surface area contributed by atoms with Gasteiger partial charge in [0.15, 0.2) is 0 Å². The summed E-state index contributed by atoms with van der Waals surface area (Å²) in [4.78, 5) is 20.5. The Balaban J connectivity index is 3.39. The van der Waals surface area contributed by atoms with Crippen molar-refractivity contribution < 1.29 is 9.72 Å². The molecule has 78 valence electrons. The molecule has 0 aliphatic heterocycles. The normalized spacial score (nSPS) is 10.5. The van der Waals surface area contributed by atoms with E-state index >= 15 is 0 Å². The number of nitro benzene ring substituents is 1. The molecule has 4 heteroatoms. The van der Waals surface area contributed by atoms with E-state index in [4.69, 9.17) is 0 Å². The lowest BCUT2D eigenvalue weighted by molar-refractivity contribution is -0.385. The maximum Gasteiger partial charge on any atom is 0.277 e. The Hall–Kier alpha value is -1.97. The van der Waals surface area contributed by atoms with E-state index in [1.807, 2.05) is 6.07 Å². The minimum absolute atomic E-state index is 0.0330. The first-order valence-electron chi connectivity index (χ1n) is 4.43. The molecule has 0 N–H and O–H groups in total. The third-order valence-corrected chi connectivity index (χ3v) is 2.05. The summed E-state index contributed by atoms with van der Waals surface area (Å²) in [7, 11) is 0. The van der Waals surface area contributed by atoms with Crippen molar-refractivity contribution in [2.24, 2.45) is 0 Å². The van der Waals surface area contributed by atoms with Crippen LogP contribution in [0.1, 0.15) is 16.7 Å². The minimum Gasteiger partial charge on any atom is -0.299 e. The average Bonchev–Trinajstić information content (AvgIpc) is 2.15. The Kier molecular flexibility index (Phi) is 3.33. The van der Waals surface area contributed by atoms with E-state index in [0.29, 0.717) is 11.8 Å². The zero-order valence-corrected chi connectivity index (χ0v) is 8.56. The van der Waals surface area contributed by atoms with E-state index in [2.05, 4.69) is 0 Å². The molecule has 0 saturated carbocycles. The summed E-state index contributed by atoms with van der Waals surface area (Å²) in [5, 5.41) is 10.8. The topological polar surface area (TPSA) is 60.2 Å². The monoisotopic (exact) mass is 205 g/mol. The molecule has 0 bridgehead atoms. The van der Waals surface area contributed by atoms with Crippen molar-refractivity contribution >= 4 is 18.0 Å². The van der Waals surface area contributed by atoms with Crippen molar-refractivity contribution in [3.63, 3.8) is 0 Å². The lowest BCUT2D eigenvalue weighted by atomic mass is 10.0. The van der Waals surface area contributed by atoms with Crippen LogP contribution in [0.5, 0.6) is 0 Å². The van der Waals surface area contributed by atoms with Gasteiger partial charge < -0.3 is 0 Å². The molecule has 15 heavy (non-hydrogen) atoms. The Morgan fingerprint density at radius 3 is 2.53 bits per heavy atom. The predicted octanol–water partition coefficient (Wildman–Crippen LogP) is 2.42. The number of aryl methyl sites for hydroxylation is 2. The summed E-state index contributed by atoms with van der Waals surface area (Å²) in [6.45, 7) is 3.58. The fraction of sp³-hybridized carbons (Fsp3) is 0.182. The molecule has 0 unspecified atom stereocenters. The van der Waals surface area contributed by atoms with Crippen LogP contribution >= 0.6 is 0 Å². The number of carbonyl (C=O) groups is 1. The number of nitro groups is 1. The van der Waals surface area contributed by atoms with Crippen molar-refractivity contribution in [2.75, 3.05) is 0 Å². The van der Waals surface area contributed by atoms with E-state index in [1.165, 1.54) is 18.2 Å². The number of aldehydes is 1. The molecule has 0 aliphatic rings. The standard InChI is InChI=1S/C11H11NO3/c1-8-6-9(2)10(4-3-5-13)11(7-8)12(14)15/h3-7H,1-2H3. The second-order valence-electron chi connectivity index (χ2n) is 3.27. The first-order valence-corrected chi connectivity index (χ1v) is 4.43. The molecule has 0 spiro atoms. The molecule has 0 aliphatic carbocycles. The Morgan fingerprint density at radius 2 is 2.00 bits per heavy atom. The van der Waals surface area contributed by atoms with Crippen molar-refractivity contribution in [2.45, 2.75) is 13.8 Å². The van der Waals surface area contributed by atoms with Crippen LogP contribution in [-0.4, -0.2) is 11.2 Å². The Labute approximate surface area is 87.4 Å². The molecular formula is C11H11NO3. The van der Waals surface area contributed by atoms with E-state index < -0.39 is 4.92 Å². The number of allylic oxidation sites excluding steroid dienone is 1. The average molecular weight is 205 g/mol. The molecule has 0 aromatic heterocycles. The van der Waals surface area contributed by atoms with Crippen molar-refractivity contribution in [3.05, 3.63) is 45.0 Å². The van der Waals surface area contributed by atoms with Gasteiger partial charge in [-0.3, -0.25) is 14.9 Å². The molecule has 0 radical (unpaired) electrons. The lowest BCUT2D eigenvalue weighted by Crippen LogP contribution is -1.95. The smallest absolute Gasteiger partial charge is 0.277 e. The quantitative estimate of drug-likeness (QED) is 0.329. The minimum atomic E-state index is -0.440. The summed E-state index contributed by atoms with van der Waals surface area (Å²) in [5.74, 6) is 0. The van der Waals surface area contributed by atoms with Crippen molar-refractivity contribution in [1.29, 1.82) is 0 Å². The fourth-order valence-electron chi connectivity index (χ4n) is 1.46. The molecule has 1 aromatic rings. The first-order chi connectivity index (χ1) is 7.06. The van der Waals surface area contributed by atoms with Gasteiger partial charge in [-0.2, -0.15) is 0 Å².